The van der Waals surface area contributed by atoms with Gasteiger partial charge in [0.15, 0.2) is 6.29 Å². The fraction of sp³-hybridized carbons (Fsp3) is 0.579. The molecule has 3 nitrogen and oxygen atoms in total. The second kappa shape index (κ2) is 5.22. The smallest absolute Gasteiger partial charge is 0.311 e. The average molecular weight is 298 g/mol. The zero-order valence-electron chi connectivity index (χ0n) is 12.8. The van der Waals surface area contributed by atoms with E-state index in [9.17, 15) is 9.59 Å². The molecule has 0 saturated heterocycles. The van der Waals surface area contributed by atoms with Crippen molar-refractivity contribution in [1.29, 1.82) is 0 Å². The number of carbonyl (C=O) groups is 2. The van der Waals surface area contributed by atoms with E-state index < -0.39 is 0 Å². The van der Waals surface area contributed by atoms with Gasteiger partial charge in [-0.25, -0.2) is 0 Å². The molecule has 0 amide bonds. The van der Waals surface area contributed by atoms with Crippen molar-refractivity contribution in [1.82, 2.24) is 0 Å². The van der Waals surface area contributed by atoms with Crippen molar-refractivity contribution in [2.45, 2.75) is 44.9 Å². The van der Waals surface area contributed by atoms with E-state index in [-0.39, 0.29) is 11.4 Å². The predicted octanol–water partition coefficient (Wildman–Crippen LogP) is 4.01. The highest BCUT2D eigenvalue weighted by molar-refractivity contribution is 5.82. The second-order valence-electron chi connectivity index (χ2n) is 7.72. The van der Waals surface area contributed by atoms with Crippen molar-refractivity contribution in [2.75, 3.05) is 0 Å². The molecule has 3 heteroatoms. The number of para-hydroxylation sites is 1. The average Bonchev–Trinajstić information content (AvgIpc) is 2.45. The summed E-state index contributed by atoms with van der Waals surface area (Å²) in [7, 11) is 0. The van der Waals surface area contributed by atoms with Crippen molar-refractivity contribution < 1.29 is 14.3 Å². The van der Waals surface area contributed by atoms with Crippen LogP contribution in [0.4, 0.5) is 0 Å². The van der Waals surface area contributed by atoms with E-state index in [0.29, 0.717) is 17.7 Å². The minimum absolute atomic E-state index is 0.170. The molecular formula is C19H22O3. The standard InChI is InChI=1S/C19H22O3/c20-12-16-3-1-2-4-17(16)22-18(21)11-19-8-13-5-14(9-19)7-15(6-13)10-19/h1-4,12-15H,5-11H2. The lowest BCUT2D eigenvalue weighted by atomic mass is 9.49. The molecule has 4 saturated carbocycles. The summed E-state index contributed by atoms with van der Waals surface area (Å²) in [6.07, 6.45) is 8.99. The molecule has 0 radical (unpaired) electrons. The van der Waals surface area contributed by atoms with Crippen LogP contribution in [0.5, 0.6) is 5.75 Å². The maximum Gasteiger partial charge on any atom is 0.311 e. The number of benzene rings is 1. The summed E-state index contributed by atoms with van der Waals surface area (Å²) in [5.74, 6) is 2.73. The normalized spacial score (nSPS) is 35.4. The van der Waals surface area contributed by atoms with Crippen LogP contribution in [0.25, 0.3) is 0 Å². The first-order valence-electron chi connectivity index (χ1n) is 8.41. The first-order valence-corrected chi connectivity index (χ1v) is 8.41. The molecule has 0 N–H and O–H groups in total. The van der Waals surface area contributed by atoms with E-state index in [4.69, 9.17) is 4.74 Å². The van der Waals surface area contributed by atoms with Crippen molar-refractivity contribution >= 4 is 12.3 Å². The Balaban J connectivity index is 1.47. The topological polar surface area (TPSA) is 43.4 Å². The minimum Gasteiger partial charge on any atom is -0.426 e. The van der Waals surface area contributed by atoms with Gasteiger partial charge in [0, 0.05) is 0 Å². The Morgan fingerprint density at radius 2 is 1.68 bits per heavy atom. The summed E-state index contributed by atoms with van der Waals surface area (Å²) in [5.41, 5.74) is 0.628. The number of rotatable bonds is 4. The summed E-state index contributed by atoms with van der Waals surface area (Å²) < 4.78 is 5.51. The first-order chi connectivity index (χ1) is 10.7. The van der Waals surface area contributed by atoms with Gasteiger partial charge in [-0.05, 0) is 73.8 Å². The SMILES string of the molecule is O=Cc1ccccc1OC(=O)CC12CC3CC(CC(C3)C1)C2. The Kier molecular flexibility index (Phi) is 3.32. The Hall–Kier alpha value is -1.64. The summed E-state index contributed by atoms with van der Waals surface area (Å²) in [6, 6.07) is 6.95. The molecule has 4 fully saturated rings. The Morgan fingerprint density at radius 3 is 2.27 bits per heavy atom. The molecule has 1 aromatic rings. The van der Waals surface area contributed by atoms with Crippen LogP contribution in [-0.2, 0) is 4.79 Å². The first kappa shape index (κ1) is 14.0. The van der Waals surface area contributed by atoms with Gasteiger partial charge in [0.25, 0.3) is 0 Å². The zero-order valence-corrected chi connectivity index (χ0v) is 12.8. The summed E-state index contributed by atoms with van der Waals surface area (Å²) in [4.78, 5) is 23.5. The molecule has 0 unspecified atom stereocenters. The molecule has 5 rings (SSSR count). The van der Waals surface area contributed by atoms with Crippen LogP contribution in [0.3, 0.4) is 0 Å². The fourth-order valence-corrected chi connectivity index (χ4v) is 5.64. The number of carbonyl (C=O) groups excluding carboxylic acids is 2. The van der Waals surface area contributed by atoms with Crippen LogP contribution in [0.2, 0.25) is 0 Å². The molecule has 22 heavy (non-hydrogen) atoms. The molecule has 0 aliphatic heterocycles. The van der Waals surface area contributed by atoms with Gasteiger partial charge in [-0.1, -0.05) is 12.1 Å². The maximum absolute atomic E-state index is 12.4. The third kappa shape index (κ3) is 2.47. The summed E-state index contributed by atoms with van der Waals surface area (Å²) in [5, 5.41) is 0. The molecule has 0 spiro atoms. The molecule has 4 aliphatic carbocycles. The van der Waals surface area contributed by atoms with E-state index in [1.165, 1.54) is 38.5 Å². The van der Waals surface area contributed by atoms with Crippen molar-refractivity contribution in [3.63, 3.8) is 0 Å². The van der Waals surface area contributed by atoms with Crippen molar-refractivity contribution in [3.05, 3.63) is 29.8 Å². The molecule has 0 atom stereocenters. The van der Waals surface area contributed by atoms with Crippen LogP contribution >= 0.6 is 0 Å². The van der Waals surface area contributed by atoms with E-state index >= 15 is 0 Å². The number of hydrogen-bond donors (Lipinski definition) is 0. The van der Waals surface area contributed by atoms with E-state index in [1.54, 1.807) is 24.3 Å². The lowest BCUT2D eigenvalue weighted by Gasteiger charge is -2.56. The van der Waals surface area contributed by atoms with Gasteiger partial charge in [0.2, 0.25) is 0 Å². The largest absolute Gasteiger partial charge is 0.426 e. The molecule has 1 aromatic carbocycles. The molecule has 4 bridgehead atoms. The molecule has 0 heterocycles. The third-order valence-electron chi connectivity index (χ3n) is 5.95. The third-order valence-corrected chi connectivity index (χ3v) is 5.95. The van der Waals surface area contributed by atoms with Crippen LogP contribution in [0, 0.1) is 23.2 Å². The number of esters is 1. The molecular weight excluding hydrogens is 276 g/mol. The number of hydrogen-bond acceptors (Lipinski definition) is 3. The Labute approximate surface area is 131 Å². The highest BCUT2D eigenvalue weighted by Crippen LogP contribution is 2.61. The summed E-state index contributed by atoms with van der Waals surface area (Å²) >= 11 is 0. The molecule has 116 valence electrons. The fourth-order valence-electron chi connectivity index (χ4n) is 5.64. The van der Waals surface area contributed by atoms with Gasteiger partial charge in [-0.2, -0.15) is 0 Å². The minimum atomic E-state index is -0.170. The van der Waals surface area contributed by atoms with Crippen molar-refractivity contribution in [3.8, 4) is 5.75 Å². The van der Waals surface area contributed by atoms with Gasteiger partial charge in [-0.3, -0.25) is 9.59 Å². The Morgan fingerprint density at radius 1 is 1.09 bits per heavy atom. The lowest BCUT2D eigenvalue weighted by Crippen LogP contribution is -2.47. The van der Waals surface area contributed by atoms with Gasteiger partial charge in [0.1, 0.15) is 5.75 Å². The second-order valence-corrected chi connectivity index (χ2v) is 7.72. The lowest BCUT2D eigenvalue weighted by molar-refractivity contribution is -0.142. The van der Waals surface area contributed by atoms with Crippen LogP contribution in [-0.4, -0.2) is 12.3 Å². The highest BCUT2D eigenvalue weighted by atomic mass is 16.5. The quantitative estimate of drug-likeness (QED) is 0.479. The van der Waals surface area contributed by atoms with E-state index in [1.807, 2.05) is 0 Å². The van der Waals surface area contributed by atoms with Crippen LogP contribution in [0.15, 0.2) is 24.3 Å². The molecule has 4 aliphatic rings. The van der Waals surface area contributed by atoms with Gasteiger partial charge in [0.05, 0.1) is 12.0 Å². The van der Waals surface area contributed by atoms with E-state index in [0.717, 1.165) is 24.0 Å². The van der Waals surface area contributed by atoms with Crippen LogP contribution < -0.4 is 4.74 Å². The number of ether oxygens (including phenoxy) is 1. The maximum atomic E-state index is 12.4. The van der Waals surface area contributed by atoms with Gasteiger partial charge < -0.3 is 4.74 Å². The zero-order chi connectivity index (χ0) is 15.2. The number of aldehydes is 1. The van der Waals surface area contributed by atoms with Gasteiger partial charge >= 0.3 is 5.97 Å². The Bertz CT molecular complexity index is 569. The van der Waals surface area contributed by atoms with Crippen molar-refractivity contribution in [2.24, 2.45) is 23.2 Å². The molecule has 0 aromatic heterocycles. The van der Waals surface area contributed by atoms with Crippen LogP contribution in [0.1, 0.15) is 55.3 Å². The highest BCUT2D eigenvalue weighted by Gasteiger charge is 2.51. The summed E-state index contributed by atoms with van der Waals surface area (Å²) in [6.45, 7) is 0. The monoisotopic (exact) mass is 298 g/mol. The van der Waals surface area contributed by atoms with E-state index in [2.05, 4.69) is 0 Å². The predicted molar refractivity (Wildman–Crippen MR) is 82.7 cm³/mol. The van der Waals surface area contributed by atoms with Gasteiger partial charge in [-0.15, -0.1) is 0 Å².